The molecule has 0 aromatic heterocycles. The maximum atomic E-state index is 11.4. The first kappa shape index (κ1) is 17.5. The van der Waals surface area contributed by atoms with Crippen LogP contribution >= 0.6 is 0 Å². The van der Waals surface area contributed by atoms with Gasteiger partial charge in [0.1, 0.15) is 0 Å². The highest BCUT2D eigenvalue weighted by Gasteiger charge is 2.14. The van der Waals surface area contributed by atoms with Crippen LogP contribution in [0.3, 0.4) is 0 Å². The molecule has 2 rings (SSSR count). The third-order valence-corrected chi connectivity index (χ3v) is 3.91. The van der Waals surface area contributed by atoms with Gasteiger partial charge in [0.25, 0.3) is 0 Å². The van der Waals surface area contributed by atoms with Crippen LogP contribution in [0.1, 0.15) is 34.8 Å². The quantitative estimate of drug-likeness (QED) is 0.776. The fourth-order valence-electron chi connectivity index (χ4n) is 2.54. The summed E-state index contributed by atoms with van der Waals surface area (Å²) >= 11 is 0. The van der Waals surface area contributed by atoms with E-state index in [1.165, 1.54) is 5.56 Å². The Hall–Kier alpha value is -2.82. The Morgan fingerprint density at radius 2 is 1.67 bits per heavy atom. The van der Waals surface area contributed by atoms with Gasteiger partial charge in [0.15, 0.2) is 0 Å². The van der Waals surface area contributed by atoms with E-state index in [-0.39, 0.29) is 12.0 Å². The van der Waals surface area contributed by atoms with Crippen molar-refractivity contribution in [2.45, 2.75) is 26.3 Å². The van der Waals surface area contributed by atoms with E-state index < -0.39 is 11.9 Å². The van der Waals surface area contributed by atoms with Gasteiger partial charge < -0.3 is 15.1 Å². The third kappa shape index (κ3) is 4.59. The highest BCUT2D eigenvalue weighted by atomic mass is 16.4. The standard InChI is InChI=1S/C19H21NO4/c1-2-14-7-9-16(10-8-14)20(12-11-18(21)22)13-15-5-3-4-6-17(15)19(23)24/h3-10H,2,11-13H2,1H3,(H,21,22)(H,23,24). The summed E-state index contributed by atoms with van der Waals surface area (Å²) in [6.45, 7) is 2.73. The van der Waals surface area contributed by atoms with Crippen molar-refractivity contribution < 1.29 is 19.8 Å². The van der Waals surface area contributed by atoms with Gasteiger partial charge in [-0.2, -0.15) is 0 Å². The van der Waals surface area contributed by atoms with Crippen LogP contribution in [0.2, 0.25) is 0 Å². The first-order chi connectivity index (χ1) is 11.5. The highest BCUT2D eigenvalue weighted by molar-refractivity contribution is 5.89. The van der Waals surface area contributed by atoms with Crippen LogP contribution in [0.15, 0.2) is 48.5 Å². The van der Waals surface area contributed by atoms with Gasteiger partial charge in [-0.25, -0.2) is 4.79 Å². The van der Waals surface area contributed by atoms with Gasteiger partial charge in [0, 0.05) is 18.8 Å². The monoisotopic (exact) mass is 327 g/mol. The number of hydrogen-bond donors (Lipinski definition) is 2. The predicted molar refractivity (Wildman–Crippen MR) is 92.5 cm³/mol. The Bertz CT molecular complexity index is 710. The fourth-order valence-corrected chi connectivity index (χ4v) is 2.54. The van der Waals surface area contributed by atoms with Crippen molar-refractivity contribution in [1.29, 1.82) is 0 Å². The molecule has 126 valence electrons. The molecule has 2 aromatic rings. The summed E-state index contributed by atoms with van der Waals surface area (Å²) in [5.74, 6) is -1.86. The van der Waals surface area contributed by atoms with Crippen LogP contribution in [0.4, 0.5) is 5.69 Å². The van der Waals surface area contributed by atoms with Crippen LogP contribution in [0, 0.1) is 0 Å². The second kappa shape index (κ2) is 8.15. The second-order valence-electron chi connectivity index (χ2n) is 5.55. The number of carbonyl (C=O) groups is 2. The number of aromatic carboxylic acids is 1. The normalized spacial score (nSPS) is 10.4. The number of carboxylic acids is 2. The second-order valence-corrected chi connectivity index (χ2v) is 5.55. The van der Waals surface area contributed by atoms with Crippen LogP contribution in [0.25, 0.3) is 0 Å². The molecule has 2 N–H and O–H groups in total. The topological polar surface area (TPSA) is 77.8 Å². The van der Waals surface area contributed by atoms with E-state index in [4.69, 9.17) is 5.11 Å². The van der Waals surface area contributed by atoms with Crippen molar-refractivity contribution in [1.82, 2.24) is 0 Å². The lowest BCUT2D eigenvalue weighted by Crippen LogP contribution is -2.26. The first-order valence-electron chi connectivity index (χ1n) is 7.88. The largest absolute Gasteiger partial charge is 0.481 e. The van der Waals surface area contributed by atoms with Crippen molar-refractivity contribution in [2.24, 2.45) is 0 Å². The van der Waals surface area contributed by atoms with Crippen LogP contribution in [0.5, 0.6) is 0 Å². The Morgan fingerprint density at radius 3 is 2.25 bits per heavy atom. The van der Waals surface area contributed by atoms with Crippen molar-refractivity contribution in [3.05, 3.63) is 65.2 Å². The molecule has 0 aliphatic carbocycles. The highest BCUT2D eigenvalue weighted by Crippen LogP contribution is 2.20. The van der Waals surface area contributed by atoms with E-state index >= 15 is 0 Å². The number of aryl methyl sites for hydroxylation is 1. The average Bonchev–Trinajstić information content (AvgIpc) is 2.58. The van der Waals surface area contributed by atoms with Crippen LogP contribution in [-0.2, 0) is 17.8 Å². The number of hydrogen-bond acceptors (Lipinski definition) is 3. The molecular formula is C19H21NO4. The SMILES string of the molecule is CCc1ccc(N(CCC(=O)O)Cc2ccccc2C(=O)O)cc1. The molecule has 0 saturated heterocycles. The summed E-state index contributed by atoms with van der Waals surface area (Å²) in [7, 11) is 0. The molecule has 0 radical (unpaired) electrons. The Kier molecular flexibility index (Phi) is 5.95. The molecule has 0 fully saturated rings. The molecule has 24 heavy (non-hydrogen) atoms. The number of rotatable bonds is 8. The van der Waals surface area contributed by atoms with E-state index in [2.05, 4.69) is 6.92 Å². The molecule has 0 saturated carbocycles. The van der Waals surface area contributed by atoms with E-state index in [1.807, 2.05) is 29.2 Å². The zero-order valence-corrected chi connectivity index (χ0v) is 13.6. The van der Waals surface area contributed by atoms with Gasteiger partial charge in [0.2, 0.25) is 0 Å². The van der Waals surface area contributed by atoms with Gasteiger partial charge in [-0.1, -0.05) is 37.3 Å². The zero-order valence-electron chi connectivity index (χ0n) is 13.6. The molecule has 0 aliphatic heterocycles. The maximum absolute atomic E-state index is 11.4. The average molecular weight is 327 g/mol. The molecule has 5 nitrogen and oxygen atoms in total. The van der Waals surface area contributed by atoms with Crippen molar-refractivity contribution in [2.75, 3.05) is 11.4 Å². The third-order valence-electron chi connectivity index (χ3n) is 3.91. The molecule has 0 unspecified atom stereocenters. The number of benzene rings is 2. The summed E-state index contributed by atoms with van der Waals surface area (Å²) in [6.07, 6.45) is 0.919. The molecule has 2 aromatic carbocycles. The number of carboxylic acid groups (broad SMARTS) is 2. The predicted octanol–water partition coefficient (Wildman–Crippen LogP) is 3.43. The Morgan fingerprint density at radius 1 is 1.00 bits per heavy atom. The lowest BCUT2D eigenvalue weighted by molar-refractivity contribution is -0.136. The number of nitrogens with zero attached hydrogens (tertiary/aromatic N) is 1. The number of aliphatic carboxylic acids is 1. The zero-order chi connectivity index (χ0) is 17.5. The van der Waals surface area contributed by atoms with Gasteiger partial charge in [0.05, 0.1) is 12.0 Å². The molecule has 0 amide bonds. The lowest BCUT2D eigenvalue weighted by Gasteiger charge is -2.25. The molecule has 0 bridgehead atoms. The fraction of sp³-hybridized carbons (Fsp3) is 0.263. The minimum atomic E-state index is -0.981. The summed E-state index contributed by atoms with van der Waals surface area (Å²) < 4.78 is 0. The Balaban J connectivity index is 2.28. The van der Waals surface area contributed by atoms with Gasteiger partial charge in [-0.3, -0.25) is 4.79 Å². The van der Waals surface area contributed by atoms with Crippen molar-refractivity contribution in [3.63, 3.8) is 0 Å². The summed E-state index contributed by atoms with van der Waals surface area (Å²) in [5.41, 5.74) is 2.98. The Labute approximate surface area is 141 Å². The minimum Gasteiger partial charge on any atom is -0.481 e. The summed E-state index contributed by atoms with van der Waals surface area (Å²) in [6, 6.07) is 14.7. The smallest absolute Gasteiger partial charge is 0.336 e. The van der Waals surface area contributed by atoms with E-state index in [0.29, 0.717) is 18.7 Å². The number of anilines is 1. The van der Waals surface area contributed by atoms with E-state index in [9.17, 15) is 14.7 Å². The molecule has 5 heteroatoms. The lowest BCUT2D eigenvalue weighted by atomic mass is 10.1. The van der Waals surface area contributed by atoms with Crippen LogP contribution < -0.4 is 4.90 Å². The molecule has 0 atom stereocenters. The van der Waals surface area contributed by atoms with E-state index in [1.54, 1.807) is 24.3 Å². The summed E-state index contributed by atoms with van der Waals surface area (Å²) in [4.78, 5) is 24.2. The van der Waals surface area contributed by atoms with E-state index in [0.717, 1.165) is 12.1 Å². The molecule has 0 aliphatic rings. The van der Waals surface area contributed by atoms with Gasteiger partial charge in [-0.15, -0.1) is 0 Å². The van der Waals surface area contributed by atoms with Crippen molar-refractivity contribution >= 4 is 17.6 Å². The molecular weight excluding hydrogens is 306 g/mol. The minimum absolute atomic E-state index is 0.00916. The summed E-state index contributed by atoms with van der Waals surface area (Å²) in [5, 5.41) is 18.3. The molecule has 0 heterocycles. The first-order valence-corrected chi connectivity index (χ1v) is 7.88. The van der Waals surface area contributed by atoms with Gasteiger partial charge in [-0.05, 0) is 35.7 Å². The maximum Gasteiger partial charge on any atom is 0.336 e. The van der Waals surface area contributed by atoms with Crippen molar-refractivity contribution in [3.8, 4) is 0 Å². The molecule has 0 spiro atoms. The van der Waals surface area contributed by atoms with Gasteiger partial charge >= 0.3 is 11.9 Å². The van der Waals surface area contributed by atoms with Crippen LogP contribution in [-0.4, -0.2) is 28.7 Å².